The van der Waals surface area contributed by atoms with E-state index < -0.39 is 5.76 Å². The smallest absolute Gasteiger partial charge is 0.439 e. The molecule has 4 heterocycles. The summed E-state index contributed by atoms with van der Waals surface area (Å²) < 4.78 is 15.3. The molecule has 15 heteroatoms. The van der Waals surface area contributed by atoms with E-state index in [4.69, 9.17) is 19.4 Å². The second-order valence-corrected chi connectivity index (χ2v) is 10.2. The van der Waals surface area contributed by atoms with Crippen molar-refractivity contribution in [3.05, 3.63) is 58.5 Å². The summed E-state index contributed by atoms with van der Waals surface area (Å²) in [5.74, 6) is 1.69. The van der Waals surface area contributed by atoms with Crippen LogP contribution < -0.4 is 30.8 Å². The van der Waals surface area contributed by atoms with E-state index >= 15 is 0 Å². The minimum Gasteiger partial charge on any atom is -0.493 e. The van der Waals surface area contributed by atoms with Crippen molar-refractivity contribution in [1.29, 1.82) is 0 Å². The number of hydrogen-bond donors (Lipinski definition) is 3. The molecule has 5 aromatic rings. The van der Waals surface area contributed by atoms with E-state index in [2.05, 4.69) is 30.3 Å². The zero-order chi connectivity index (χ0) is 28.3. The SMILES string of the molecule is COc1ccc(Nc2nc(N3CCCC(C(=O)Nc4ccc(-c5noc(=O)[nH]5)cc4)C3)nc3scnc23)cc1OC.Cl. The lowest BCUT2D eigenvalue weighted by atomic mass is 9.97. The van der Waals surface area contributed by atoms with Crippen molar-refractivity contribution in [3.8, 4) is 22.9 Å². The molecule has 0 radical (unpaired) electrons. The number of fused-ring (bicyclic) bond motifs is 1. The lowest BCUT2D eigenvalue weighted by molar-refractivity contribution is -0.120. The van der Waals surface area contributed by atoms with Crippen LogP contribution in [0.5, 0.6) is 11.5 Å². The summed E-state index contributed by atoms with van der Waals surface area (Å²) in [6.45, 7) is 1.21. The van der Waals surface area contributed by atoms with Gasteiger partial charge in [0, 0.05) is 36.1 Å². The number of aromatic nitrogens is 5. The fourth-order valence-electron chi connectivity index (χ4n) is 4.71. The van der Waals surface area contributed by atoms with Gasteiger partial charge in [0.15, 0.2) is 28.0 Å². The summed E-state index contributed by atoms with van der Waals surface area (Å²) in [7, 11) is 3.18. The monoisotopic (exact) mass is 610 g/mol. The molecule has 0 aliphatic carbocycles. The maximum Gasteiger partial charge on any atom is 0.439 e. The molecule has 0 bridgehead atoms. The molecule has 1 saturated heterocycles. The lowest BCUT2D eigenvalue weighted by Gasteiger charge is -2.32. The number of ether oxygens (including phenoxy) is 2. The van der Waals surface area contributed by atoms with Gasteiger partial charge in [-0.15, -0.1) is 23.7 Å². The number of anilines is 4. The van der Waals surface area contributed by atoms with Crippen LogP contribution in [0.15, 0.2) is 57.3 Å². The third kappa shape index (κ3) is 5.99. The quantitative estimate of drug-likeness (QED) is 0.227. The van der Waals surface area contributed by atoms with E-state index in [9.17, 15) is 9.59 Å². The van der Waals surface area contributed by atoms with E-state index in [1.807, 2.05) is 23.1 Å². The third-order valence-electron chi connectivity index (χ3n) is 6.77. The zero-order valence-corrected chi connectivity index (χ0v) is 24.3. The highest BCUT2D eigenvalue weighted by Gasteiger charge is 2.28. The molecular weight excluding hydrogens is 584 g/mol. The Hall–Kier alpha value is -4.69. The Kier molecular flexibility index (Phi) is 8.54. The number of benzene rings is 2. The first-order chi connectivity index (χ1) is 20.0. The standard InChI is InChI=1S/C27H26N8O5S.ClH/c1-38-19-10-9-18(12-20(19)39-2)29-23-21-25(41-14-28-21)33-26(31-23)35-11-3-4-16(13-35)24(36)30-17-7-5-15(6-8-17)22-32-27(37)40-34-22;/h5-10,12,14,16H,3-4,11,13H2,1-2H3,(H,30,36)(H,29,31,33)(H,32,34,37);1H. The second-order valence-electron chi connectivity index (χ2n) is 9.37. The lowest BCUT2D eigenvalue weighted by Crippen LogP contribution is -2.41. The van der Waals surface area contributed by atoms with Crippen LogP contribution in [0.4, 0.5) is 23.1 Å². The van der Waals surface area contributed by atoms with E-state index in [0.717, 1.165) is 29.9 Å². The number of H-pyrrole nitrogens is 1. The van der Waals surface area contributed by atoms with Gasteiger partial charge in [0.05, 0.1) is 25.6 Å². The Morgan fingerprint density at radius 1 is 1.10 bits per heavy atom. The van der Waals surface area contributed by atoms with E-state index in [1.54, 1.807) is 44.0 Å². The van der Waals surface area contributed by atoms with Crippen LogP contribution in [0.25, 0.3) is 21.7 Å². The highest BCUT2D eigenvalue weighted by atomic mass is 35.5. The Morgan fingerprint density at radius 3 is 2.62 bits per heavy atom. The number of amides is 1. The Morgan fingerprint density at radius 2 is 1.88 bits per heavy atom. The summed E-state index contributed by atoms with van der Waals surface area (Å²) in [4.78, 5) is 43.7. The minimum atomic E-state index is -0.624. The van der Waals surface area contributed by atoms with Gasteiger partial charge < -0.3 is 25.0 Å². The highest BCUT2D eigenvalue weighted by Crippen LogP contribution is 2.34. The molecule has 1 atom stereocenters. The van der Waals surface area contributed by atoms with Crippen molar-refractivity contribution in [2.45, 2.75) is 12.8 Å². The van der Waals surface area contributed by atoms with E-state index in [0.29, 0.717) is 52.4 Å². The normalized spacial score (nSPS) is 14.7. The summed E-state index contributed by atoms with van der Waals surface area (Å²) in [5, 5.41) is 10.0. The van der Waals surface area contributed by atoms with Gasteiger partial charge in [0.25, 0.3) is 0 Å². The van der Waals surface area contributed by atoms with Gasteiger partial charge >= 0.3 is 5.76 Å². The van der Waals surface area contributed by atoms with Gasteiger partial charge in [0.1, 0.15) is 5.52 Å². The van der Waals surface area contributed by atoms with Crippen molar-refractivity contribution < 1.29 is 18.8 Å². The number of rotatable bonds is 8. The predicted octanol–water partition coefficient (Wildman–Crippen LogP) is 4.47. The molecule has 1 amide bonds. The van der Waals surface area contributed by atoms with Gasteiger partial charge in [-0.3, -0.25) is 14.3 Å². The van der Waals surface area contributed by atoms with E-state index in [-0.39, 0.29) is 24.2 Å². The van der Waals surface area contributed by atoms with Gasteiger partial charge in [-0.05, 0) is 49.2 Å². The summed E-state index contributed by atoms with van der Waals surface area (Å²) in [6, 6.07) is 12.5. The van der Waals surface area contributed by atoms with Gasteiger partial charge in [-0.25, -0.2) is 9.78 Å². The van der Waals surface area contributed by atoms with Crippen LogP contribution in [-0.4, -0.2) is 58.3 Å². The van der Waals surface area contributed by atoms with Crippen molar-refractivity contribution in [2.24, 2.45) is 5.92 Å². The van der Waals surface area contributed by atoms with Crippen LogP contribution in [0.2, 0.25) is 0 Å². The molecule has 1 unspecified atom stereocenters. The Balaban J connectivity index is 0.00000353. The molecule has 13 nitrogen and oxygen atoms in total. The molecule has 3 aromatic heterocycles. The number of aromatic amines is 1. The number of halogens is 1. The molecule has 218 valence electrons. The number of nitrogens with zero attached hydrogens (tertiary/aromatic N) is 5. The molecule has 0 spiro atoms. The summed E-state index contributed by atoms with van der Waals surface area (Å²) in [5.41, 5.74) is 4.48. The topological polar surface area (TPSA) is 160 Å². The average Bonchev–Trinajstić information content (AvgIpc) is 3.67. The first-order valence-corrected chi connectivity index (χ1v) is 13.7. The van der Waals surface area contributed by atoms with Gasteiger partial charge in [0.2, 0.25) is 11.9 Å². The number of thiazole rings is 1. The largest absolute Gasteiger partial charge is 0.493 e. The van der Waals surface area contributed by atoms with Crippen molar-refractivity contribution >= 4 is 63.1 Å². The number of carbonyl (C=O) groups is 1. The Labute approximate surface area is 249 Å². The van der Waals surface area contributed by atoms with E-state index in [1.165, 1.54) is 11.3 Å². The first-order valence-electron chi connectivity index (χ1n) is 12.8. The minimum absolute atomic E-state index is 0. The number of carbonyl (C=O) groups excluding carboxylic acids is 1. The summed E-state index contributed by atoms with van der Waals surface area (Å²) in [6.07, 6.45) is 1.57. The molecular formula is C27H27ClN8O5S. The van der Waals surface area contributed by atoms with Crippen molar-refractivity contribution in [1.82, 2.24) is 25.1 Å². The van der Waals surface area contributed by atoms with Crippen LogP contribution in [-0.2, 0) is 4.79 Å². The first kappa shape index (κ1) is 28.8. The molecule has 6 rings (SSSR count). The molecule has 3 N–H and O–H groups in total. The van der Waals surface area contributed by atoms with Crippen LogP contribution >= 0.6 is 23.7 Å². The second kappa shape index (κ2) is 12.4. The number of nitrogens with one attached hydrogen (secondary N) is 3. The predicted molar refractivity (Wildman–Crippen MR) is 161 cm³/mol. The van der Waals surface area contributed by atoms with Crippen LogP contribution in [0.3, 0.4) is 0 Å². The van der Waals surface area contributed by atoms with Crippen LogP contribution in [0.1, 0.15) is 12.8 Å². The fourth-order valence-corrected chi connectivity index (χ4v) is 5.37. The molecule has 1 aliphatic heterocycles. The molecule has 2 aromatic carbocycles. The molecule has 42 heavy (non-hydrogen) atoms. The highest BCUT2D eigenvalue weighted by molar-refractivity contribution is 7.16. The Bertz CT molecular complexity index is 1760. The third-order valence-corrected chi connectivity index (χ3v) is 7.49. The zero-order valence-electron chi connectivity index (χ0n) is 22.6. The maximum atomic E-state index is 13.2. The average molecular weight is 611 g/mol. The maximum absolute atomic E-state index is 13.2. The van der Waals surface area contributed by atoms with Gasteiger partial charge in [-0.1, -0.05) is 5.16 Å². The number of piperidine rings is 1. The van der Waals surface area contributed by atoms with Gasteiger partial charge in [-0.2, -0.15) is 9.97 Å². The van der Waals surface area contributed by atoms with Crippen molar-refractivity contribution in [2.75, 3.05) is 42.8 Å². The number of methoxy groups -OCH3 is 2. The molecule has 0 saturated carbocycles. The number of hydrogen-bond acceptors (Lipinski definition) is 12. The van der Waals surface area contributed by atoms with Crippen LogP contribution in [0, 0.1) is 5.92 Å². The fraction of sp³-hybridized carbons (Fsp3) is 0.259. The molecule has 1 fully saturated rings. The van der Waals surface area contributed by atoms with Crippen molar-refractivity contribution in [3.63, 3.8) is 0 Å². The summed E-state index contributed by atoms with van der Waals surface area (Å²) >= 11 is 1.43. The molecule has 1 aliphatic rings.